The lowest BCUT2D eigenvalue weighted by Crippen LogP contribution is -2.67. The molecule has 0 amide bonds. The van der Waals surface area contributed by atoms with Gasteiger partial charge in [-0.1, -0.05) is 94.9 Å². The second-order valence-corrected chi connectivity index (χ2v) is 12.2. The first kappa shape index (κ1) is 18.0. The molecule has 132 valence electrons. The Kier molecular flexibility index (Phi) is 4.89. The predicted octanol–water partition coefficient (Wildman–Crippen LogP) is 4.11. The highest BCUT2D eigenvalue weighted by atomic mass is 28.4. The van der Waals surface area contributed by atoms with Gasteiger partial charge in [0.05, 0.1) is 18.3 Å². The van der Waals surface area contributed by atoms with E-state index in [-0.39, 0.29) is 11.1 Å². The molecule has 2 aromatic rings. The number of benzene rings is 2. The molecule has 2 aromatic carbocycles. The third-order valence-corrected chi connectivity index (χ3v) is 10.3. The Hall–Kier alpha value is -1.84. The molecule has 1 aliphatic rings. The minimum atomic E-state index is -2.46. The molecule has 1 fully saturated rings. The fourth-order valence-corrected chi connectivity index (χ4v) is 8.26. The Labute approximate surface area is 152 Å². The Balaban J connectivity index is 2.04. The van der Waals surface area contributed by atoms with E-state index in [9.17, 15) is 0 Å². The van der Waals surface area contributed by atoms with Crippen molar-refractivity contribution >= 4 is 18.7 Å². The minimum Gasteiger partial charge on any atom is -0.492 e. The third kappa shape index (κ3) is 3.19. The van der Waals surface area contributed by atoms with E-state index in [0.29, 0.717) is 12.5 Å². The molecular formula is C22H28O2Si. The maximum Gasteiger partial charge on any atom is 0.261 e. The van der Waals surface area contributed by atoms with Gasteiger partial charge in [0.25, 0.3) is 8.32 Å². The lowest BCUT2D eigenvalue weighted by molar-refractivity contribution is -0.0603. The first-order chi connectivity index (χ1) is 11.9. The van der Waals surface area contributed by atoms with E-state index < -0.39 is 8.32 Å². The molecule has 3 heteroatoms. The van der Waals surface area contributed by atoms with Crippen LogP contribution in [0, 0.1) is 5.92 Å². The predicted molar refractivity (Wildman–Crippen MR) is 107 cm³/mol. The molecule has 0 N–H and O–H groups in total. The summed E-state index contributed by atoms with van der Waals surface area (Å²) in [6, 6.07) is 21.4. The number of hydrogen-bond acceptors (Lipinski definition) is 2. The largest absolute Gasteiger partial charge is 0.492 e. The fraction of sp³-hybridized carbons (Fsp3) is 0.364. The molecule has 25 heavy (non-hydrogen) atoms. The summed E-state index contributed by atoms with van der Waals surface area (Å²) in [5.41, 5.74) is 0. The van der Waals surface area contributed by atoms with Gasteiger partial charge in [-0.05, 0) is 15.4 Å². The van der Waals surface area contributed by atoms with Crippen LogP contribution < -0.4 is 10.4 Å². The van der Waals surface area contributed by atoms with Gasteiger partial charge in [0.2, 0.25) is 0 Å². The second kappa shape index (κ2) is 6.81. The van der Waals surface area contributed by atoms with Crippen molar-refractivity contribution in [1.29, 1.82) is 0 Å². The average molecular weight is 353 g/mol. The molecule has 2 nitrogen and oxygen atoms in total. The topological polar surface area (TPSA) is 18.5 Å². The average Bonchev–Trinajstić information content (AvgIpc) is 2.61. The van der Waals surface area contributed by atoms with Crippen LogP contribution >= 0.6 is 0 Å². The van der Waals surface area contributed by atoms with E-state index in [2.05, 4.69) is 94.9 Å². The van der Waals surface area contributed by atoms with Gasteiger partial charge >= 0.3 is 0 Å². The van der Waals surface area contributed by atoms with Gasteiger partial charge in [-0.3, -0.25) is 0 Å². The van der Waals surface area contributed by atoms with Gasteiger partial charge in [-0.2, -0.15) is 0 Å². The second-order valence-electron chi connectivity index (χ2n) is 7.89. The van der Waals surface area contributed by atoms with Gasteiger partial charge in [0.1, 0.15) is 6.10 Å². The number of ether oxygens (including phenoxy) is 1. The summed E-state index contributed by atoms with van der Waals surface area (Å²) in [6.07, 6.45) is 0.106. The van der Waals surface area contributed by atoms with Gasteiger partial charge in [-0.15, -0.1) is 0 Å². The van der Waals surface area contributed by atoms with E-state index in [0.717, 1.165) is 5.76 Å². The van der Waals surface area contributed by atoms with Gasteiger partial charge in [-0.25, -0.2) is 0 Å². The van der Waals surface area contributed by atoms with Crippen molar-refractivity contribution in [1.82, 2.24) is 0 Å². The molecule has 0 radical (unpaired) electrons. The highest BCUT2D eigenvalue weighted by molar-refractivity contribution is 6.99. The van der Waals surface area contributed by atoms with Crippen LogP contribution in [-0.4, -0.2) is 21.0 Å². The van der Waals surface area contributed by atoms with Crippen LogP contribution in [0.15, 0.2) is 73.0 Å². The molecule has 0 saturated carbocycles. The standard InChI is InChI=1S/C22H28O2Si/c1-17-18(2)24-21(17)16-23-25(22(3,4)5,19-12-8-6-9-13-19)20-14-10-7-11-15-20/h6-15,17,21H,2,16H2,1,3-5H3/t17-,21+/m0/s1. The van der Waals surface area contributed by atoms with E-state index in [1.807, 2.05) is 0 Å². The lowest BCUT2D eigenvalue weighted by Gasteiger charge is -2.45. The lowest BCUT2D eigenvalue weighted by atomic mass is 9.98. The van der Waals surface area contributed by atoms with Gasteiger partial charge in [0.15, 0.2) is 0 Å². The molecule has 0 spiro atoms. The zero-order chi connectivity index (χ0) is 18.1. The third-order valence-electron chi connectivity index (χ3n) is 5.25. The van der Waals surface area contributed by atoms with Crippen molar-refractivity contribution in [3.63, 3.8) is 0 Å². The van der Waals surface area contributed by atoms with Crippen LogP contribution in [0.3, 0.4) is 0 Å². The molecule has 1 aliphatic heterocycles. The first-order valence-electron chi connectivity index (χ1n) is 8.97. The van der Waals surface area contributed by atoms with Gasteiger partial charge in [0, 0.05) is 0 Å². The minimum absolute atomic E-state index is 0.000297. The van der Waals surface area contributed by atoms with Crippen LogP contribution in [0.2, 0.25) is 5.04 Å². The van der Waals surface area contributed by atoms with E-state index in [1.165, 1.54) is 10.4 Å². The molecule has 0 aliphatic carbocycles. The Morgan fingerprint density at radius 1 is 0.960 bits per heavy atom. The molecule has 2 atom stereocenters. The van der Waals surface area contributed by atoms with Crippen molar-refractivity contribution in [2.75, 3.05) is 6.61 Å². The highest BCUT2D eigenvalue weighted by Gasteiger charge is 2.51. The summed E-state index contributed by atoms with van der Waals surface area (Å²) in [7, 11) is -2.46. The molecule has 0 bridgehead atoms. The highest BCUT2D eigenvalue weighted by Crippen LogP contribution is 2.38. The molecule has 0 unspecified atom stereocenters. The van der Waals surface area contributed by atoms with Crippen LogP contribution in [0.5, 0.6) is 0 Å². The smallest absolute Gasteiger partial charge is 0.261 e. The maximum atomic E-state index is 6.86. The van der Waals surface area contributed by atoms with Crippen molar-refractivity contribution < 1.29 is 9.16 Å². The molecule has 1 saturated heterocycles. The molecule has 0 aromatic heterocycles. The molecule has 1 heterocycles. The summed E-state index contributed by atoms with van der Waals surface area (Å²) < 4.78 is 12.6. The van der Waals surface area contributed by atoms with Crippen LogP contribution in [0.25, 0.3) is 0 Å². The number of hydrogen-bond donors (Lipinski definition) is 0. The zero-order valence-electron chi connectivity index (χ0n) is 15.7. The zero-order valence-corrected chi connectivity index (χ0v) is 16.7. The molecular weight excluding hydrogens is 324 g/mol. The quantitative estimate of drug-likeness (QED) is 0.754. The summed E-state index contributed by atoms with van der Waals surface area (Å²) in [5, 5.41) is 2.61. The van der Waals surface area contributed by atoms with Crippen LogP contribution in [0.4, 0.5) is 0 Å². The Bertz CT molecular complexity index is 679. The maximum absolute atomic E-state index is 6.86. The summed E-state index contributed by atoms with van der Waals surface area (Å²) in [5.74, 6) is 1.23. The molecule has 3 rings (SSSR count). The van der Waals surface area contributed by atoms with Crippen molar-refractivity contribution in [2.45, 2.75) is 38.8 Å². The van der Waals surface area contributed by atoms with E-state index >= 15 is 0 Å². The van der Waals surface area contributed by atoms with Gasteiger partial charge < -0.3 is 9.16 Å². The Morgan fingerprint density at radius 2 is 1.44 bits per heavy atom. The Morgan fingerprint density at radius 3 is 1.80 bits per heavy atom. The fourth-order valence-electron chi connectivity index (χ4n) is 3.69. The normalized spacial score (nSPS) is 20.7. The van der Waals surface area contributed by atoms with Crippen molar-refractivity contribution in [3.05, 3.63) is 73.0 Å². The van der Waals surface area contributed by atoms with Crippen molar-refractivity contribution in [3.8, 4) is 0 Å². The summed E-state index contributed by atoms with van der Waals surface area (Å²) in [4.78, 5) is 0. The SMILES string of the molecule is C=C1O[C@H](CO[Si](c2ccccc2)(c2ccccc2)C(C)(C)C)[C@H]1C. The monoisotopic (exact) mass is 352 g/mol. The summed E-state index contributed by atoms with van der Waals surface area (Å²) in [6.45, 7) is 13.6. The van der Waals surface area contributed by atoms with E-state index in [1.54, 1.807) is 0 Å². The number of rotatable bonds is 5. The first-order valence-corrected chi connectivity index (χ1v) is 10.9. The summed E-state index contributed by atoms with van der Waals surface area (Å²) >= 11 is 0. The van der Waals surface area contributed by atoms with Crippen LogP contribution in [-0.2, 0) is 9.16 Å². The van der Waals surface area contributed by atoms with E-state index in [4.69, 9.17) is 9.16 Å². The van der Waals surface area contributed by atoms with Crippen molar-refractivity contribution in [2.24, 2.45) is 5.92 Å². The van der Waals surface area contributed by atoms with Crippen LogP contribution in [0.1, 0.15) is 27.7 Å².